The van der Waals surface area contributed by atoms with Gasteiger partial charge in [-0.3, -0.25) is 4.98 Å². The van der Waals surface area contributed by atoms with Crippen LogP contribution in [0.2, 0.25) is 17.3 Å². The summed E-state index contributed by atoms with van der Waals surface area (Å²) in [4.78, 5) is 14.0. The first-order valence-electron chi connectivity index (χ1n) is 17.7. The zero-order valence-electron chi connectivity index (χ0n) is 30.7. The van der Waals surface area contributed by atoms with E-state index in [2.05, 4.69) is 94.3 Å². The summed E-state index contributed by atoms with van der Waals surface area (Å²) in [5.41, 5.74) is 10.0. The molecule has 4 aromatic heterocycles. The molecule has 3 aromatic carbocycles. The molecule has 1 radical (unpaired) electrons. The minimum Gasteiger partial charge on any atom is 0 e. The minimum atomic E-state index is -2.10. The summed E-state index contributed by atoms with van der Waals surface area (Å²) in [7, 11) is 0. The fraction of sp³-hybridized carbons (Fsp3) is 0.310. The van der Waals surface area contributed by atoms with E-state index in [1.165, 1.54) is 40.5 Å². The fourth-order valence-corrected chi connectivity index (χ4v) is 10.2. The quantitative estimate of drug-likeness (QED) is 0.128. The van der Waals surface area contributed by atoms with Gasteiger partial charge in [-0.25, -0.2) is 0 Å². The van der Waals surface area contributed by atoms with E-state index >= 15 is 0 Å². The molecule has 5 nitrogen and oxygen atoms in total. The molecule has 0 amide bonds. The molecule has 1 aliphatic rings. The predicted octanol–water partition coefficient (Wildman–Crippen LogP) is 10.6. The standard InChI is InChI=1S/C25H22N3O.C17H21FGeN.Ir/c1-15(2)28-22-10-6-5-9-21(22)27-24(28)18-12-20-19-11-16-7-3-4-8-17(16)13-23(19)29-25(20)26-14-18;1-12(2)15-10-17(13-6-8-14(18)9-7-13)20-11-16(15)19(3,4)5;/h5-6,9-13,15H,3-4,7-8H2,1-2H3;6,8-12H,1-5H3;/q2*-1;/i;12D;. The monoisotopic (exact) mass is 906 g/mol. The number of fused-ring (bicyclic) bond motifs is 5. The van der Waals surface area contributed by atoms with Crippen LogP contribution in [0.25, 0.3) is 55.7 Å². The summed E-state index contributed by atoms with van der Waals surface area (Å²) in [5, 5.41) is 2.19. The molecule has 0 fully saturated rings. The van der Waals surface area contributed by atoms with Gasteiger partial charge >= 0.3 is 125 Å². The van der Waals surface area contributed by atoms with Crippen LogP contribution >= 0.6 is 0 Å². The van der Waals surface area contributed by atoms with Crippen molar-refractivity contribution in [1.82, 2.24) is 19.5 Å². The van der Waals surface area contributed by atoms with Crippen molar-refractivity contribution in [2.24, 2.45) is 0 Å². The molecule has 50 heavy (non-hydrogen) atoms. The molecule has 0 saturated heterocycles. The fourth-order valence-electron chi connectivity index (χ4n) is 6.89. The Morgan fingerprint density at radius 2 is 1.66 bits per heavy atom. The molecule has 0 spiro atoms. The largest absolute Gasteiger partial charge is 0 e. The Balaban J connectivity index is 0.000000182. The SMILES string of the molecule is CC(C)n1c(-c2[c-]nc3oc4cc5c(cc4c3c2)CCCC5)nc2ccccc21.[2H]C(C)(C)c1cc(-c2[c-]cc(F)cc2)nc[c]1[Ge]([CH3])([CH3])[CH3].[Ir]. The number of furan rings is 1. The van der Waals surface area contributed by atoms with Gasteiger partial charge in [0.25, 0.3) is 0 Å². The molecule has 1 aliphatic carbocycles. The van der Waals surface area contributed by atoms with Crippen LogP contribution in [0.4, 0.5) is 4.39 Å². The summed E-state index contributed by atoms with van der Waals surface area (Å²) in [5.74, 6) is 6.83. The second kappa shape index (κ2) is 14.5. The average molecular weight is 905 g/mol. The van der Waals surface area contributed by atoms with Crippen LogP contribution < -0.4 is 4.40 Å². The molecule has 0 bridgehead atoms. The first kappa shape index (κ1) is 34.8. The molecule has 0 atom stereocenters. The van der Waals surface area contributed by atoms with Crippen LogP contribution in [0.1, 0.15) is 70.5 Å². The Labute approximate surface area is 311 Å². The maximum absolute atomic E-state index is 13.0. The molecule has 0 saturated carbocycles. The van der Waals surface area contributed by atoms with E-state index in [1.54, 1.807) is 6.07 Å². The third kappa shape index (κ3) is 7.10. The van der Waals surface area contributed by atoms with Crippen molar-refractivity contribution in [3.8, 4) is 22.6 Å². The van der Waals surface area contributed by atoms with E-state index in [4.69, 9.17) is 10.8 Å². The van der Waals surface area contributed by atoms with Gasteiger partial charge < -0.3 is 14.0 Å². The van der Waals surface area contributed by atoms with E-state index in [0.29, 0.717) is 5.71 Å². The maximum Gasteiger partial charge on any atom is 0 e. The predicted molar refractivity (Wildman–Crippen MR) is 202 cm³/mol. The summed E-state index contributed by atoms with van der Waals surface area (Å²) < 4.78 is 31.0. The molecular formula is C42H43FGeIrN4O-2. The van der Waals surface area contributed by atoms with Gasteiger partial charge in [-0.2, -0.15) is 0 Å². The van der Waals surface area contributed by atoms with E-state index in [0.717, 1.165) is 68.4 Å². The van der Waals surface area contributed by atoms with Crippen molar-refractivity contribution in [2.45, 2.75) is 82.6 Å². The number of para-hydroxylation sites is 2. The van der Waals surface area contributed by atoms with E-state index < -0.39 is 19.2 Å². The summed E-state index contributed by atoms with van der Waals surface area (Å²) in [6.45, 7) is 8.17. The third-order valence-electron chi connectivity index (χ3n) is 9.39. The Morgan fingerprint density at radius 3 is 2.34 bits per heavy atom. The number of halogens is 1. The summed E-state index contributed by atoms with van der Waals surface area (Å²) >= 11 is -2.10. The van der Waals surface area contributed by atoms with Crippen molar-refractivity contribution >= 4 is 50.8 Å². The number of aromatic nitrogens is 4. The Hall–Kier alpha value is -3.65. The van der Waals surface area contributed by atoms with Gasteiger partial charge in [0.15, 0.2) is 0 Å². The normalized spacial score (nSPS) is 13.6. The van der Waals surface area contributed by atoms with E-state index in [1.807, 2.05) is 32.2 Å². The number of benzene rings is 3. The van der Waals surface area contributed by atoms with Crippen molar-refractivity contribution in [1.29, 1.82) is 0 Å². The smallest absolute Gasteiger partial charge is 0 e. The first-order chi connectivity index (χ1) is 23.8. The molecule has 8 heteroatoms. The van der Waals surface area contributed by atoms with Gasteiger partial charge in [-0.05, 0) is 86.5 Å². The molecule has 259 valence electrons. The Morgan fingerprint density at radius 1 is 0.920 bits per heavy atom. The van der Waals surface area contributed by atoms with Gasteiger partial charge in [0, 0.05) is 31.5 Å². The van der Waals surface area contributed by atoms with Crippen molar-refractivity contribution in [2.75, 3.05) is 0 Å². The zero-order chi connectivity index (χ0) is 35.4. The van der Waals surface area contributed by atoms with Gasteiger partial charge in [-0.15, -0.1) is 6.07 Å². The molecule has 0 N–H and O–H groups in total. The van der Waals surface area contributed by atoms with Crippen LogP contribution in [-0.4, -0.2) is 32.8 Å². The Kier molecular flexibility index (Phi) is 10.1. The van der Waals surface area contributed by atoms with Gasteiger partial charge in [0.2, 0.25) is 0 Å². The van der Waals surface area contributed by atoms with Crippen molar-refractivity contribution in [3.05, 3.63) is 108 Å². The molecule has 7 aromatic rings. The van der Waals surface area contributed by atoms with Gasteiger partial charge in [-0.1, -0.05) is 17.7 Å². The molecule has 0 unspecified atom stereocenters. The number of hydrogen-bond acceptors (Lipinski definition) is 4. The third-order valence-corrected chi connectivity index (χ3v) is 13.6. The number of pyridine rings is 2. The number of imidazole rings is 1. The van der Waals surface area contributed by atoms with E-state index in [-0.39, 0.29) is 32.0 Å². The molecule has 4 heterocycles. The number of aryl methyl sites for hydroxylation is 2. The van der Waals surface area contributed by atoms with E-state index in [9.17, 15) is 4.39 Å². The minimum absolute atomic E-state index is 0. The first-order valence-corrected chi connectivity index (χ1v) is 24.5. The molecule has 8 rings (SSSR count). The van der Waals surface area contributed by atoms with Crippen LogP contribution in [0.5, 0.6) is 0 Å². The second-order valence-electron chi connectivity index (χ2n) is 14.6. The summed E-state index contributed by atoms with van der Waals surface area (Å²) in [6.07, 6.45) is 9.93. The molecule has 0 aliphatic heterocycles. The maximum atomic E-state index is 13.0. The topological polar surface area (TPSA) is 56.7 Å². The van der Waals surface area contributed by atoms with Crippen LogP contribution in [0, 0.1) is 18.1 Å². The van der Waals surface area contributed by atoms with Gasteiger partial charge in [0.1, 0.15) is 11.3 Å². The van der Waals surface area contributed by atoms with Crippen molar-refractivity contribution < 1.29 is 30.3 Å². The zero-order valence-corrected chi connectivity index (χ0v) is 34.2. The average Bonchev–Trinajstić information content (AvgIpc) is 3.65. The number of nitrogens with zero attached hydrogens (tertiary/aromatic N) is 4. The Bertz CT molecular complexity index is 2350. The van der Waals surface area contributed by atoms with Gasteiger partial charge in [0.05, 0.1) is 16.9 Å². The van der Waals surface area contributed by atoms with Crippen LogP contribution in [0.3, 0.4) is 0 Å². The second-order valence-corrected chi connectivity index (χ2v) is 25.2. The van der Waals surface area contributed by atoms with Crippen LogP contribution in [0.15, 0.2) is 77.3 Å². The van der Waals surface area contributed by atoms with Crippen LogP contribution in [-0.2, 0) is 32.9 Å². The number of rotatable bonds is 5. The van der Waals surface area contributed by atoms with Crippen molar-refractivity contribution in [3.63, 3.8) is 0 Å². The number of hydrogen-bond donors (Lipinski definition) is 0. The summed E-state index contributed by atoms with van der Waals surface area (Å²) in [6, 6.07) is 24.5. The molecular weight excluding hydrogens is 860 g/mol.